The number of nitrogens with one attached hydrogen (secondary N) is 2. The number of benzene rings is 2. The van der Waals surface area contributed by atoms with Crippen LogP contribution in [0.1, 0.15) is 18.1 Å². The molecule has 1 heterocycles. The van der Waals surface area contributed by atoms with E-state index in [0.29, 0.717) is 17.9 Å². The molecule has 7 nitrogen and oxygen atoms in total. The molecule has 2 N–H and O–H groups in total. The third-order valence-electron chi connectivity index (χ3n) is 4.36. The molecule has 0 aliphatic rings. The summed E-state index contributed by atoms with van der Waals surface area (Å²) in [5.41, 5.74) is 2.18. The van der Waals surface area contributed by atoms with Gasteiger partial charge in [0.25, 0.3) is 10.0 Å². The van der Waals surface area contributed by atoms with Crippen molar-refractivity contribution in [3.63, 3.8) is 0 Å². The smallest absolute Gasteiger partial charge is 0.250 e. The zero-order chi connectivity index (χ0) is 22.3. The van der Waals surface area contributed by atoms with E-state index in [4.69, 9.17) is 10.00 Å². The average Bonchev–Trinajstić information content (AvgIpc) is 3.30. The van der Waals surface area contributed by atoms with Crippen LogP contribution < -0.4 is 14.8 Å². The highest BCUT2D eigenvalue weighted by Crippen LogP contribution is 2.20. The largest absolute Gasteiger partial charge is 0.489 e. The minimum atomic E-state index is -3.75. The molecule has 9 heteroatoms. The van der Waals surface area contributed by atoms with Gasteiger partial charge in [-0.05, 0) is 42.1 Å². The first-order valence-electron chi connectivity index (χ1n) is 9.42. The van der Waals surface area contributed by atoms with Crippen molar-refractivity contribution in [2.45, 2.75) is 30.2 Å². The molecule has 2 aromatic carbocycles. The van der Waals surface area contributed by atoms with Crippen molar-refractivity contribution in [1.82, 2.24) is 4.72 Å². The average molecular weight is 456 g/mol. The number of nitrogens with zero attached hydrogens (tertiary/aromatic N) is 1. The standard InChI is InChI=1S/C22H21N3O4S2/c1-16(25-31(27,28)21-7-4-14-30-21)22(26)24-20-6-3-2-5-18(20)15-29-19-10-8-17(9-11-19)12-13-23/h2-11,14,16,25H,12,15H2,1H3,(H,24,26). The van der Waals surface area contributed by atoms with Gasteiger partial charge >= 0.3 is 0 Å². The van der Waals surface area contributed by atoms with Crippen molar-refractivity contribution < 1.29 is 17.9 Å². The maximum absolute atomic E-state index is 12.6. The van der Waals surface area contributed by atoms with Gasteiger partial charge < -0.3 is 10.1 Å². The van der Waals surface area contributed by atoms with Gasteiger partial charge in [0.2, 0.25) is 5.91 Å². The molecule has 0 fully saturated rings. The van der Waals surface area contributed by atoms with Gasteiger partial charge in [-0.25, -0.2) is 8.42 Å². The van der Waals surface area contributed by atoms with E-state index in [9.17, 15) is 13.2 Å². The predicted molar refractivity (Wildman–Crippen MR) is 119 cm³/mol. The number of ether oxygens (including phenoxy) is 1. The van der Waals surface area contributed by atoms with Crippen LogP contribution in [0.25, 0.3) is 0 Å². The molecule has 0 spiro atoms. The number of anilines is 1. The first-order valence-corrected chi connectivity index (χ1v) is 11.8. The fraction of sp³-hybridized carbons (Fsp3) is 0.182. The van der Waals surface area contributed by atoms with Gasteiger partial charge in [-0.3, -0.25) is 4.79 Å². The van der Waals surface area contributed by atoms with Crippen molar-refractivity contribution in [3.05, 3.63) is 77.2 Å². The van der Waals surface area contributed by atoms with Gasteiger partial charge in [-0.15, -0.1) is 11.3 Å². The van der Waals surface area contributed by atoms with E-state index in [2.05, 4.69) is 16.1 Å². The van der Waals surface area contributed by atoms with Gasteiger partial charge in [-0.2, -0.15) is 9.98 Å². The second kappa shape index (κ2) is 10.2. The van der Waals surface area contributed by atoms with E-state index in [1.165, 1.54) is 13.0 Å². The van der Waals surface area contributed by atoms with E-state index in [0.717, 1.165) is 22.5 Å². The Morgan fingerprint density at radius 3 is 2.55 bits per heavy atom. The number of nitriles is 1. The molecule has 160 valence electrons. The van der Waals surface area contributed by atoms with Gasteiger partial charge in [0.1, 0.15) is 16.6 Å². The minimum Gasteiger partial charge on any atom is -0.489 e. The number of para-hydroxylation sites is 1. The first kappa shape index (κ1) is 22.5. The lowest BCUT2D eigenvalue weighted by Gasteiger charge is -2.16. The lowest BCUT2D eigenvalue weighted by atomic mass is 10.1. The summed E-state index contributed by atoms with van der Waals surface area (Å²) < 4.78 is 33.0. The number of carbonyl (C=O) groups excluding carboxylic acids is 1. The molecule has 0 aliphatic carbocycles. The molecule has 0 aliphatic heterocycles. The molecular weight excluding hydrogens is 434 g/mol. The molecule has 3 aromatic rings. The molecule has 1 unspecified atom stereocenters. The topological polar surface area (TPSA) is 108 Å². The second-order valence-electron chi connectivity index (χ2n) is 6.69. The molecule has 31 heavy (non-hydrogen) atoms. The Morgan fingerprint density at radius 2 is 1.87 bits per heavy atom. The highest BCUT2D eigenvalue weighted by Gasteiger charge is 2.23. The van der Waals surface area contributed by atoms with Crippen LogP contribution in [0.5, 0.6) is 5.75 Å². The fourth-order valence-corrected chi connectivity index (χ4v) is 4.94. The summed E-state index contributed by atoms with van der Waals surface area (Å²) in [6.07, 6.45) is 0.337. The van der Waals surface area contributed by atoms with Crippen LogP contribution in [0.4, 0.5) is 5.69 Å². The van der Waals surface area contributed by atoms with E-state index < -0.39 is 22.0 Å². The molecule has 0 saturated heterocycles. The Kier molecular flexibility index (Phi) is 7.41. The number of hydrogen-bond donors (Lipinski definition) is 2. The van der Waals surface area contributed by atoms with Crippen LogP contribution in [0.3, 0.4) is 0 Å². The van der Waals surface area contributed by atoms with Crippen molar-refractivity contribution in [2.75, 3.05) is 5.32 Å². The Morgan fingerprint density at radius 1 is 1.13 bits per heavy atom. The third-order valence-corrected chi connectivity index (χ3v) is 7.30. The predicted octanol–water partition coefficient (Wildman–Crippen LogP) is 3.70. The number of amides is 1. The van der Waals surface area contributed by atoms with Crippen LogP contribution >= 0.6 is 11.3 Å². The summed E-state index contributed by atoms with van der Waals surface area (Å²) in [7, 11) is -3.75. The van der Waals surface area contributed by atoms with E-state index >= 15 is 0 Å². The maximum atomic E-state index is 12.6. The summed E-state index contributed by atoms with van der Waals surface area (Å²) in [6, 6.07) is 18.6. The lowest BCUT2D eigenvalue weighted by Crippen LogP contribution is -2.41. The monoisotopic (exact) mass is 455 g/mol. The Bertz CT molecular complexity index is 1170. The van der Waals surface area contributed by atoms with Crippen LogP contribution in [-0.4, -0.2) is 20.4 Å². The molecule has 0 radical (unpaired) electrons. The van der Waals surface area contributed by atoms with Crippen LogP contribution in [0, 0.1) is 11.3 Å². The van der Waals surface area contributed by atoms with E-state index in [1.807, 2.05) is 24.3 Å². The number of hydrogen-bond acceptors (Lipinski definition) is 6. The van der Waals surface area contributed by atoms with Crippen LogP contribution in [0.15, 0.2) is 70.3 Å². The highest BCUT2D eigenvalue weighted by molar-refractivity contribution is 7.91. The van der Waals surface area contributed by atoms with Crippen LogP contribution in [-0.2, 0) is 27.8 Å². The fourth-order valence-electron chi connectivity index (χ4n) is 2.73. The van der Waals surface area contributed by atoms with Gasteiger partial charge in [0, 0.05) is 11.3 Å². The van der Waals surface area contributed by atoms with Crippen LogP contribution in [0.2, 0.25) is 0 Å². The van der Waals surface area contributed by atoms with Crippen molar-refractivity contribution >= 4 is 33.0 Å². The van der Waals surface area contributed by atoms with E-state index in [-0.39, 0.29) is 10.8 Å². The number of carbonyl (C=O) groups is 1. The van der Waals surface area contributed by atoms with Crippen molar-refractivity contribution in [3.8, 4) is 11.8 Å². The minimum absolute atomic E-state index is 0.154. The summed E-state index contributed by atoms with van der Waals surface area (Å²) in [4.78, 5) is 12.6. The van der Waals surface area contributed by atoms with Gasteiger partial charge in [0.15, 0.2) is 0 Å². The van der Waals surface area contributed by atoms with Gasteiger partial charge in [-0.1, -0.05) is 36.4 Å². The number of rotatable bonds is 9. The molecule has 1 amide bonds. The lowest BCUT2D eigenvalue weighted by molar-refractivity contribution is -0.117. The Labute approximate surface area is 185 Å². The third kappa shape index (κ3) is 6.15. The SMILES string of the molecule is CC(NS(=O)(=O)c1cccs1)C(=O)Nc1ccccc1COc1ccc(CC#N)cc1. The van der Waals surface area contributed by atoms with Gasteiger partial charge in [0.05, 0.1) is 18.5 Å². The van der Waals surface area contributed by atoms with Crippen molar-refractivity contribution in [2.24, 2.45) is 0 Å². The normalized spacial score (nSPS) is 12.0. The maximum Gasteiger partial charge on any atom is 0.250 e. The summed E-state index contributed by atoms with van der Waals surface area (Å²) >= 11 is 1.08. The highest BCUT2D eigenvalue weighted by atomic mass is 32.2. The summed E-state index contributed by atoms with van der Waals surface area (Å²) in [5, 5.41) is 13.2. The molecule has 1 aromatic heterocycles. The summed E-state index contributed by atoms with van der Waals surface area (Å²) in [6.45, 7) is 1.70. The Hall–Kier alpha value is -3.19. The second-order valence-corrected chi connectivity index (χ2v) is 9.58. The zero-order valence-corrected chi connectivity index (χ0v) is 18.4. The molecule has 0 saturated carbocycles. The Balaban J connectivity index is 1.63. The molecule has 0 bridgehead atoms. The molecule has 3 rings (SSSR count). The zero-order valence-electron chi connectivity index (χ0n) is 16.7. The van der Waals surface area contributed by atoms with Crippen molar-refractivity contribution in [1.29, 1.82) is 5.26 Å². The number of thiophene rings is 1. The number of sulfonamides is 1. The quantitative estimate of drug-likeness (QED) is 0.511. The summed E-state index contributed by atoms with van der Waals surface area (Å²) in [5.74, 6) is 0.160. The van der Waals surface area contributed by atoms with E-state index in [1.54, 1.807) is 35.7 Å². The first-order chi connectivity index (χ1) is 14.9. The molecule has 1 atom stereocenters. The molecular formula is C22H21N3O4S2.